The third kappa shape index (κ3) is 0.762. The number of hydrogen-bond acceptors (Lipinski definition) is 0. The fourth-order valence-corrected chi connectivity index (χ4v) is 1.42. The van der Waals surface area contributed by atoms with Crippen molar-refractivity contribution < 1.29 is 0 Å². The Morgan fingerprint density at radius 1 is 1.30 bits per heavy atom. The maximum atomic E-state index is 3.38. The van der Waals surface area contributed by atoms with E-state index in [1.807, 2.05) is 24.3 Å². The smallest absolute Gasteiger partial charge is 0.0786 e. The summed E-state index contributed by atoms with van der Waals surface area (Å²) in [6, 6.07) is 8.08. The summed E-state index contributed by atoms with van der Waals surface area (Å²) in [6.07, 6.45) is 2.97. The van der Waals surface area contributed by atoms with E-state index in [9.17, 15) is 0 Å². The highest BCUT2D eigenvalue weighted by Gasteiger charge is 1.96. The van der Waals surface area contributed by atoms with E-state index in [4.69, 9.17) is 0 Å². The van der Waals surface area contributed by atoms with Crippen LogP contribution >= 0.6 is 15.9 Å². The van der Waals surface area contributed by atoms with E-state index in [-0.39, 0.29) is 0 Å². The predicted molar refractivity (Wildman–Crippen MR) is 44.8 cm³/mol. The van der Waals surface area contributed by atoms with E-state index in [2.05, 4.69) is 27.1 Å². The molecule has 0 spiro atoms. The minimum absolute atomic E-state index is 1.00. The van der Waals surface area contributed by atoms with Crippen molar-refractivity contribution >= 4 is 26.8 Å². The second-order valence-corrected chi connectivity index (χ2v) is 2.90. The summed E-state index contributed by atoms with van der Waals surface area (Å²) >= 11 is 3.38. The van der Waals surface area contributed by atoms with Gasteiger partial charge in [-0.15, -0.1) is 0 Å². The molecule has 0 bridgehead atoms. The zero-order chi connectivity index (χ0) is 6.97. The first-order valence-electron chi connectivity index (χ1n) is 3.02. The van der Waals surface area contributed by atoms with Crippen molar-refractivity contribution in [2.24, 2.45) is 0 Å². The topological polar surface area (TPSA) is 15.8 Å². The monoisotopic (exact) mass is 194 g/mol. The Bertz CT molecular complexity index is 351. The minimum atomic E-state index is 1.00. The number of benzene rings is 1. The second kappa shape index (κ2) is 2.13. The average molecular weight is 195 g/mol. The Labute approximate surface area is 67.2 Å². The van der Waals surface area contributed by atoms with Gasteiger partial charge in [0.15, 0.2) is 0 Å². The zero-order valence-electron chi connectivity index (χ0n) is 5.19. The van der Waals surface area contributed by atoms with E-state index >= 15 is 0 Å². The largest absolute Gasteiger partial charge is 0.352 e. The Balaban J connectivity index is 2.93. The summed E-state index contributed by atoms with van der Waals surface area (Å²) in [4.78, 5) is 3.02. The van der Waals surface area contributed by atoms with Crippen molar-refractivity contribution in [1.29, 1.82) is 0 Å². The summed E-state index contributed by atoms with van der Waals surface area (Å²) in [6.45, 7) is 0. The molecule has 0 unspecified atom stereocenters. The molecule has 0 saturated heterocycles. The fraction of sp³-hybridized carbons (Fsp3) is 0. The zero-order valence-corrected chi connectivity index (χ0v) is 6.77. The van der Waals surface area contributed by atoms with Gasteiger partial charge in [-0.3, -0.25) is 0 Å². The van der Waals surface area contributed by atoms with Gasteiger partial charge in [-0.25, -0.2) is 0 Å². The van der Waals surface area contributed by atoms with Gasteiger partial charge >= 0.3 is 0 Å². The Kier molecular flexibility index (Phi) is 1.27. The van der Waals surface area contributed by atoms with E-state index in [0.717, 1.165) is 9.99 Å². The van der Waals surface area contributed by atoms with Crippen LogP contribution in [-0.4, -0.2) is 4.98 Å². The molecule has 2 heteroatoms. The van der Waals surface area contributed by atoms with E-state index in [0.29, 0.717) is 0 Å². The first-order chi connectivity index (χ1) is 4.88. The summed E-state index contributed by atoms with van der Waals surface area (Å²) in [5.74, 6) is 0. The van der Waals surface area contributed by atoms with Crippen LogP contribution in [0.15, 0.2) is 28.7 Å². The van der Waals surface area contributed by atoms with Crippen molar-refractivity contribution in [2.45, 2.75) is 0 Å². The van der Waals surface area contributed by atoms with Crippen LogP contribution < -0.4 is 0 Å². The third-order valence-electron chi connectivity index (χ3n) is 1.47. The third-order valence-corrected chi connectivity index (χ3v) is 2.10. The van der Waals surface area contributed by atoms with Crippen molar-refractivity contribution in [1.82, 2.24) is 4.98 Å². The van der Waals surface area contributed by atoms with Crippen LogP contribution in [0.25, 0.3) is 10.9 Å². The Hall–Kier alpha value is -0.760. The second-order valence-electron chi connectivity index (χ2n) is 2.11. The average Bonchev–Trinajstić information content (AvgIpc) is 2.34. The minimum Gasteiger partial charge on any atom is -0.352 e. The Morgan fingerprint density at radius 3 is 2.90 bits per heavy atom. The normalized spacial score (nSPS) is 10.5. The predicted octanol–water partition coefficient (Wildman–Crippen LogP) is 2.73. The lowest BCUT2D eigenvalue weighted by Crippen LogP contribution is -1.62. The van der Waals surface area contributed by atoms with Crippen LogP contribution in [0.1, 0.15) is 0 Å². The number of fused-ring (bicyclic) bond motifs is 1. The van der Waals surface area contributed by atoms with Crippen molar-refractivity contribution in [3.8, 4) is 0 Å². The van der Waals surface area contributed by atoms with Crippen LogP contribution in [0.4, 0.5) is 0 Å². The number of nitrogens with one attached hydrogen (secondary N) is 1. The molecule has 1 N–H and O–H groups in total. The van der Waals surface area contributed by atoms with Gasteiger partial charge < -0.3 is 4.98 Å². The Morgan fingerprint density at radius 2 is 2.10 bits per heavy atom. The highest BCUT2D eigenvalue weighted by molar-refractivity contribution is 9.10. The van der Waals surface area contributed by atoms with Crippen molar-refractivity contribution in [2.75, 3.05) is 0 Å². The molecule has 1 nitrogen and oxygen atoms in total. The molecule has 0 aliphatic heterocycles. The highest BCUT2D eigenvalue weighted by Crippen LogP contribution is 2.21. The molecule has 0 saturated carbocycles. The summed E-state index contributed by atoms with van der Waals surface area (Å²) in [5, 5.41) is 1.18. The first kappa shape index (κ1) is 5.98. The number of aromatic amines is 1. The van der Waals surface area contributed by atoms with Gasteiger partial charge in [-0.05, 0) is 22.0 Å². The van der Waals surface area contributed by atoms with E-state index in [1.54, 1.807) is 0 Å². The van der Waals surface area contributed by atoms with Gasteiger partial charge in [-0.2, -0.15) is 0 Å². The number of H-pyrrole nitrogens is 1. The lowest BCUT2D eigenvalue weighted by atomic mass is 10.3. The van der Waals surface area contributed by atoms with Gasteiger partial charge in [0.2, 0.25) is 0 Å². The number of aromatic nitrogens is 1. The maximum absolute atomic E-state index is 3.38. The molecule has 10 heavy (non-hydrogen) atoms. The molecule has 2 rings (SSSR count). The number of rotatable bonds is 0. The van der Waals surface area contributed by atoms with Gasteiger partial charge in [-0.1, -0.05) is 18.2 Å². The molecular weight excluding hydrogens is 190 g/mol. The summed E-state index contributed by atoms with van der Waals surface area (Å²) in [5.41, 5.74) is 1.12. The summed E-state index contributed by atoms with van der Waals surface area (Å²) in [7, 11) is 0. The number of para-hydroxylation sites is 1. The molecule has 1 aromatic heterocycles. The molecule has 0 amide bonds. The molecule has 0 aliphatic carbocycles. The standard InChI is InChI=1S/C8H5BrN/c9-7-5-10-8-4-2-1-3-6(7)8/h1-4,10H. The molecule has 0 aliphatic rings. The van der Waals surface area contributed by atoms with Crippen molar-refractivity contribution in [3.63, 3.8) is 0 Å². The quantitative estimate of drug-likeness (QED) is 0.665. The highest BCUT2D eigenvalue weighted by atomic mass is 79.9. The molecule has 2 aromatic rings. The molecule has 0 atom stereocenters. The molecular formula is C8H5BrN. The molecule has 1 heterocycles. The van der Waals surface area contributed by atoms with Gasteiger partial charge in [0, 0.05) is 10.9 Å². The molecule has 1 radical (unpaired) electrons. The fourth-order valence-electron chi connectivity index (χ4n) is 0.973. The van der Waals surface area contributed by atoms with E-state index < -0.39 is 0 Å². The van der Waals surface area contributed by atoms with Gasteiger partial charge in [0.1, 0.15) is 0 Å². The summed E-state index contributed by atoms with van der Waals surface area (Å²) < 4.78 is 1.00. The van der Waals surface area contributed by atoms with Gasteiger partial charge in [0.05, 0.1) is 10.7 Å². The lowest BCUT2D eigenvalue weighted by Gasteiger charge is -1.85. The number of hydrogen-bond donors (Lipinski definition) is 1. The lowest BCUT2D eigenvalue weighted by molar-refractivity contribution is 1.45. The van der Waals surface area contributed by atoms with Gasteiger partial charge in [0.25, 0.3) is 0 Å². The van der Waals surface area contributed by atoms with Crippen LogP contribution in [0.2, 0.25) is 0 Å². The molecule has 1 aromatic carbocycles. The SMILES string of the molecule is Brc1[c][nH]c2ccccc12. The van der Waals surface area contributed by atoms with Crippen molar-refractivity contribution in [3.05, 3.63) is 34.9 Å². The van der Waals surface area contributed by atoms with Crippen LogP contribution in [0, 0.1) is 6.20 Å². The molecule has 0 fully saturated rings. The van der Waals surface area contributed by atoms with E-state index in [1.165, 1.54) is 5.39 Å². The first-order valence-corrected chi connectivity index (χ1v) is 3.81. The maximum Gasteiger partial charge on any atom is 0.0786 e. The number of halogens is 1. The van der Waals surface area contributed by atoms with Crippen LogP contribution in [0.3, 0.4) is 0 Å². The van der Waals surface area contributed by atoms with Crippen LogP contribution in [0.5, 0.6) is 0 Å². The molecule has 49 valence electrons. The van der Waals surface area contributed by atoms with Crippen LogP contribution in [-0.2, 0) is 0 Å².